The topological polar surface area (TPSA) is 37.0 Å². The van der Waals surface area contributed by atoms with Crippen molar-refractivity contribution in [2.75, 3.05) is 14.2 Å². The number of benzene rings is 1. The number of aryl methyl sites for hydroxylation is 2. The highest BCUT2D eigenvalue weighted by atomic mass is 16.5. The molecule has 3 heteroatoms. The molecule has 0 bridgehead atoms. The SMILES string of the molecule is CNC(C)(C)c1c(C)[nH]c2c(OC)cc(C)cc12. The number of aromatic amines is 1. The summed E-state index contributed by atoms with van der Waals surface area (Å²) in [5.74, 6) is 0.909. The van der Waals surface area contributed by atoms with Crippen LogP contribution < -0.4 is 10.1 Å². The second kappa shape index (κ2) is 4.32. The quantitative estimate of drug-likeness (QED) is 0.872. The van der Waals surface area contributed by atoms with Crippen molar-refractivity contribution in [3.63, 3.8) is 0 Å². The van der Waals surface area contributed by atoms with E-state index in [1.165, 1.54) is 22.2 Å². The van der Waals surface area contributed by atoms with Crippen LogP contribution in [0.15, 0.2) is 12.1 Å². The number of H-pyrrole nitrogens is 1. The Hall–Kier alpha value is -1.48. The Bertz CT molecular complexity index is 582. The summed E-state index contributed by atoms with van der Waals surface area (Å²) in [5.41, 5.74) is 4.72. The maximum Gasteiger partial charge on any atom is 0.143 e. The van der Waals surface area contributed by atoms with Crippen LogP contribution in [0.1, 0.15) is 30.7 Å². The van der Waals surface area contributed by atoms with Gasteiger partial charge in [0.1, 0.15) is 5.75 Å². The highest BCUT2D eigenvalue weighted by Crippen LogP contribution is 2.36. The molecule has 2 N–H and O–H groups in total. The van der Waals surface area contributed by atoms with Gasteiger partial charge < -0.3 is 15.0 Å². The normalized spacial score (nSPS) is 12.1. The van der Waals surface area contributed by atoms with Gasteiger partial charge in [-0.1, -0.05) is 0 Å². The third-order valence-electron chi connectivity index (χ3n) is 3.67. The number of hydrogen-bond donors (Lipinski definition) is 2. The molecule has 2 rings (SSSR count). The number of hydrogen-bond acceptors (Lipinski definition) is 2. The van der Waals surface area contributed by atoms with E-state index in [2.05, 4.69) is 50.1 Å². The van der Waals surface area contributed by atoms with Crippen molar-refractivity contribution in [1.29, 1.82) is 0 Å². The molecule has 0 aliphatic heterocycles. The first-order valence-corrected chi connectivity index (χ1v) is 6.27. The third kappa shape index (κ3) is 1.89. The van der Waals surface area contributed by atoms with Crippen LogP contribution >= 0.6 is 0 Å². The first kappa shape index (κ1) is 13.0. The van der Waals surface area contributed by atoms with E-state index in [9.17, 15) is 0 Å². The van der Waals surface area contributed by atoms with Crippen LogP contribution in [-0.2, 0) is 5.54 Å². The van der Waals surface area contributed by atoms with Gasteiger partial charge in [0.2, 0.25) is 0 Å². The molecule has 0 amide bonds. The van der Waals surface area contributed by atoms with Gasteiger partial charge in [-0.05, 0) is 58.0 Å². The van der Waals surface area contributed by atoms with Crippen molar-refractivity contribution in [2.45, 2.75) is 33.2 Å². The van der Waals surface area contributed by atoms with Gasteiger partial charge in [0.05, 0.1) is 12.6 Å². The van der Waals surface area contributed by atoms with Crippen LogP contribution in [0.3, 0.4) is 0 Å². The second-order valence-corrected chi connectivity index (χ2v) is 5.39. The van der Waals surface area contributed by atoms with Gasteiger partial charge in [-0.25, -0.2) is 0 Å². The molecular weight excluding hydrogens is 224 g/mol. The van der Waals surface area contributed by atoms with Gasteiger partial charge >= 0.3 is 0 Å². The Balaban J connectivity index is 2.83. The Morgan fingerprint density at radius 1 is 1.22 bits per heavy atom. The minimum Gasteiger partial charge on any atom is -0.495 e. The van der Waals surface area contributed by atoms with Crippen LogP contribution in [0.2, 0.25) is 0 Å². The Labute approximate surface area is 109 Å². The summed E-state index contributed by atoms with van der Waals surface area (Å²) in [6.45, 7) is 8.60. The van der Waals surface area contributed by atoms with E-state index in [4.69, 9.17) is 4.74 Å². The maximum atomic E-state index is 5.47. The van der Waals surface area contributed by atoms with Gasteiger partial charge in [-0.3, -0.25) is 0 Å². The predicted octanol–water partition coefficient (Wildman–Crippen LogP) is 3.25. The fourth-order valence-electron chi connectivity index (χ4n) is 2.62. The summed E-state index contributed by atoms with van der Waals surface area (Å²) < 4.78 is 5.47. The van der Waals surface area contributed by atoms with E-state index in [0.717, 1.165) is 11.3 Å². The monoisotopic (exact) mass is 246 g/mol. The predicted molar refractivity (Wildman–Crippen MR) is 76.4 cm³/mol. The fraction of sp³-hybridized carbons (Fsp3) is 0.467. The summed E-state index contributed by atoms with van der Waals surface area (Å²) >= 11 is 0. The van der Waals surface area contributed by atoms with Crippen molar-refractivity contribution in [1.82, 2.24) is 10.3 Å². The highest BCUT2D eigenvalue weighted by molar-refractivity contribution is 5.91. The lowest BCUT2D eigenvalue weighted by Gasteiger charge is -2.25. The number of ether oxygens (including phenoxy) is 1. The lowest BCUT2D eigenvalue weighted by atomic mass is 9.91. The van der Waals surface area contributed by atoms with Crippen molar-refractivity contribution in [3.8, 4) is 5.75 Å². The number of nitrogens with one attached hydrogen (secondary N) is 2. The summed E-state index contributed by atoms with van der Waals surface area (Å²) in [6, 6.07) is 4.28. The Morgan fingerprint density at radius 2 is 1.89 bits per heavy atom. The van der Waals surface area contributed by atoms with Gasteiger partial charge in [-0.2, -0.15) is 0 Å². The minimum atomic E-state index is -0.0683. The van der Waals surface area contributed by atoms with Gasteiger partial charge in [0, 0.05) is 16.6 Å². The molecular formula is C15H22N2O. The average Bonchev–Trinajstić information content (AvgIpc) is 2.64. The zero-order valence-electron chi connectivity index (χ0n) is 12.1. The highest BCUT2D eigenvalue weighted by Gasteiger charge is 2.25. The van der Waals surface area contributed by atoms with Crippen LogP contribution in [0, 0.1) is 13.8 Å². The van der Waals surface area contributed by atoms with Crippen molar-refractivity contribution in [3.05, 3.63) is 29.0 Å². The Kier molecular flexibility index (Phi) is 3.11. The van der Waals surface area contributed by atoms with E-state index < -0.39 is 0 Å². The number of fused-ring (bicyclic) bond motifs is 1. The van der Waals surface area contributed by atoms with Gasteiger partial charge in [0.25, 0.3) is 0 Å². The summed E-state index contributed by atoms with van der Waals surface area (Å²) in [6.07, 6.45) is 0. The molecule has 0 aliphatic rings. The molecule has 0 fully saturated rings. The van der Waals surface area contributed by atoms with Crippen molar-refractivity contribution in [2.24, 2.45) is 0 Å². The van der Waals surface area contributed by atoms with Crippen LogP contribution in [0.4, 0.5) is 0 Å². The summed E-state index contributed by atoms with van der Waals surface area (Å²) in [7, 11) is 3.71. The molecule has 0 saturated carbocycles. The molecule has 18 heavy (non-hydrogen) atoms. The molecule has 1 heterocycles. The first-order chi connectivity index (χ1) is 8.40. The van der Waals surface area contributed by atoms with Crippen molar-refractivity contribution < 1.29 is 4.74 Å². The van der Waals surface area contributed by atoms with E-state index in [1.54, 1.807) is 7.11 Å². The molecule has 3 nitrogen and oxygen atoms in total. The van der Waals surface area contributed by atoms with E-state index in [0.29, 0.717) is 0 Å². The molecule has 0 aliphatic carbocycles. The molecule has 0 saturated heterocycles. The molecule has 1 aromatic heterocycles. The van der Waals surface area contributed by atoms with Crippen LogP contribution in [-0.4, -0.2) is 19.1 Å². The fourth-order valence-corrected chi connectivity index (χ4v) is 2.62. The molecule has 0 atom stereocenters. The zero-order valence-corrected chi connectivity index (χ0v) is 12.1. The van der Waals surface area contributed by atoms with E-state index in [1.807, 2.05) is 7.05 Å². The van der Waals surface area contributed by atoms with Crippen LogP contribution in [0.5, 0.6) is 5.75 Å². The Morgan fingerprint density at radius 3 is 2.44 bits per heavy atom. The maximum absolute atomic E-state index is 5.47. The molecule has 2 aromatic rings. The molecule has 0 radical (unpaired) electrons. The summed E-state index contributed by atoms with van der Waals surface area (Å²) in [5, 5.41) is 4.61. The minimum absolute atomic E-state index is 0.0683. The smallest absolute Gasteiger partial charge is 0.143 e. The lowest BCUT2D eigenvalue weighted by Crippen LogP contribution is -2.33. The standard InChI is InChI=1S/C15H22N2O/c1-9-7-11-13(15(3,4)16-5)10(2)17-14(11)12(8-9)18-6/h7-8,16-17H,1-6H3. The first-order valence-electron chi connectivity index (χ1n) is 6.27. The second-order valence-electron chi connectivity index (χ2n) is 5.39. The molecule has 0 spiro atoms. The van der Waals surface area contributed by atoms with Crippen LogP contribution in [0.25, 0.3) is 10.9 Å². The van der Waals surface area contributed by atoms with E-state index >= 15 is 0 Å². The zero-order chi connectivity index (χ0) is 13.5. The largest absolute Gasteiger partial charge is 0.495 e. The average molecular weight is 246 g/mol. The molecule has 1 aromatic carbocycles. The number of rotatable bonds is 3. The van der Waals surface area contributed by atoms with E-state index in [-0.39, 0.29) is 5.54 Å². The third-order valence-corrected chi connectivity index (χ3v) is 3.67. The molecule has 0 unspecified atom stereocenters. The van der Waals surface area contributed by atoms with Crippen molar-refractivity contribution >= 4 is 10.9 Å². The lowest BCUT2D eigenvalue weighted by molar-refractivity contribution is 0.418. The van der Waals surface area contributed by atoms with Gasteiger partial charge in [0.15, 0.2) is 0 Å². The number of methoxy groups -OCH3 is 1. The molecule has 98 valence electrons. The van der Waals surface area contributed by atoms with Gasteiger partial charge in [-0.15, -0.1) is 0 Å². The summed E-state index contributed by atoms with van der Waals surface area (Å²) in [4.78, 5) is 3.45. The number of aromatic nitrogens is 1.